The Bertz CT molecular complexity index is 518. The normalized spacial score (nSPS) is 15.7. The molecule has 0 spiro atoms. The molecule has 0 saturated carbocycles. The first-order chi connectivity index (χ1) is 9.33. The third-order valence-corrected chi connectivity index (χ3v) is 3.52. The van der Waals surface area contributed by atoms with E-state index in [1.54, 1.807) is 0 Å². The van der Waals surface area contributed by atoms with Gasteiger partial charge in [-0.1, -0.05) is 61.1 Å². The molecule has 1 aromatic rings. The van der Waals surface area contributed by atoms with Gasteiger partial charge in [0.2, 0.25) is 0 Å². The van der Waals surface area contributed by atoms with Crippen LogP contribution in [0.3, 0.4) is 0 Å². The van der Waals surface area contributed by atoms with Gasteiger partial charge in [-0.3, -0.25) is 0 Å². The molecule has 0 bridgehead atoms. The molecule has 1 aromatic carbocycles. The Balaban J connectivity index is 2.12. The quantitative estimate of drug-likeness (QED) is 0.698. The van der Waals surface area contributed by atoms with Crippen molar-refractivity contribution in [1.29, 1.82) is 5.41 Å². The highest BCUT2D eigenvalue weighted by Gasteiger charge is 2.06. The molecule has 19 heavy (non-hydrogen) atoms. The van der Waals surface area contributed by atoms with Gasteiger partial charge in [0.05, 0.1) is 0 Å². The molecule has 0 unspecified atom stereocenters. The maximum Gasteiger partial charge on any atom is 0.0206 e. The predicted molar refractivity (Wildman–Crippen MR) is 83.5 cm³/mol. The summed E-state index contributed by atoms with van der Waals surface area (Å²) >= 11 is 0. The monoisotopic (exact) mass is 251 g/mol. The zero-order valence-electron chi connectivity index (χ0n) is 11.5. The van der Waals surface area contributed by atoms with Crippen molar-refractivity contribution in [2.24, 2.45) is 0 Å². The molecule has 0 amide bonds. The fraction of sp³-hybridized carbons (Fsp3) is 0.278. The van der Waals surface area contributed by atoms with Crippen LogP contribution in [0, 0.1) is 5.41 Å². The summed E-state index contributed by atoms with van der Waals surface area (Å²) in [5.74, 6) is 0. The fourth-order valence-corrected chi connectivity index (χ4v) is 2.32. The molecule has 0 aliphatic heterocycles. The Kier molecular flexibility index (Phi) is 4.91. The number of rotatable bonds is 5. The molecule has 98 valence electrons. The van der Waals surface area contributed by atoms with Crippen LogP contribution in [0.4, 0.5) is 0 Å². The summed E-state index contributed by atoms with van der Waals surface area (Å²) in [6, 6.07) is 10.6. The molecule has 0 heterocycles. The summed E-state index contributed by atoms with van der Waals surface area (Å²) in [5.41, 5.74) is 5.22. The second-order valence-electron chi connectivity index (χ2n) is 4.85. The average Bonchev–Trinajstić information content (AvgIpc) is 2.49. The van der Waals surface area contributed by atoms with E-state index < -0.39 is 0 Å². The van der Waals surface area contributed by atoms with Crippen molar-refractivity contribution in [1.82, 2.24) is 0 Å². The Labute approximate surface area is 115 Å². The van der Waals surface area contributed by atoms with Crippen LogP contribution >= 0.6 is 0 Å². The molecule has 1 nitrogen and oxygen atoms in total. The van der Waals surface area contributed by atoms with Crippen LogP contribution in [0.5, 0.6) is 0 Å². The minimum atomic E-state index is 0.943. The summed E-state index contributed by atoms with van der Waals surface area (Å²) in [7, 11) is 0. The van der Waals surface area contributed by atoms with E-state index >= 15 is 0 Å². The second kappa shape index (κ2) is 6.89. The third-order valence-electron chi connectivity index (χ3n) is 3.52. The Morgan fingerprint density at radius 2 is 2.05 bits per heavy atom. The molecular weight excluding hydrogens is 230 g/mol. The van der Waals surface area contributed by atoms with Crippen molar-refractivity contribution < 1.29 is 0 Å². The number of allylic oxidation sites excluding steroid dienone is 6. The maximum absolute atomic E-state index is 7.33. The third kappa shape index (κ3) is 3.78. The summed E-state index contributed by atoms with van der Waals surface area (Å²) in [5, 5.41) is 7.33. The van der Waals surface area contributed by atoms with Crippen LogP contribution in [0.1, 0.15) is 38.2 Å². The fourth-order valence-electron chi connectivity index (χ4n) is 2.32. The number of benzene rings is 1. The summed E-state index contributed by atoms with van der Waals surface area (Å²) < 4.78 is 0. The molecule has 2 rings (SSSR count). The first kappa shape index (κ1) is 13.5. The van der Waals surface area contributed by atoms with E-state index in [9.17, 15) is 0 Å². The minimum Gasteiger partial charge on any atom is -0.308 e. The van der Waals surface area contributed by atoms with Crippen LogP contribution in [0.25, 0.3) is 5.57 Å². The first-order valence-corrected chi connectivity index (χ1v) is 6.98. The van der Waals surface area contributed by atoms with Crippen molar-refractivity contribution in [2.45, 2.75) is 32.6 Å². The predicted octanol–water partition coefficient (Wildman–Crippen LogP) is 5.17. The molecular formula is C18H21N. The molecule has 0 fully saturated rings. The summed E-state index contributed by atoms with van der Waals surface area (Å²) in [4.78, 5) is 0. The second-order valence-corrected chi connectivity index (χ2v) is 4.85. The highest BCUT2D eigenvalue weighted by Crippen LogP contribution is 2.27. The van der Waals surface area contributed by atoms with Gasteiger partial charge in [0, 0.05) is 6.21 Å². The minimum absolute atomic E-state index is 0.943. The number of hydrogen-bond donors (Lipinski definition) is 1. The van der Waals surface area contributed by atoms with E-state index in [1.807, 2.05) is 0 Å². The molecule has 1 heteroatoms. The maximum atomic E-state index is 7.33. The Hall–Kier alpha value is -1.89. The van der Waals surface area contributed by atoms with E-state index in [1.165, 1.54) is 22.9 Å². The highest BCUT2D eigenvalue weighted by molar-refractivity contribution is 5.77. The number of hydrogen-bond acceptors (Lipinski definition) is 1. The van der Waals surface area contributed by atoms with Gasteiger partial charge in [0.25, 0.3) is 0 Å². The lowest BCUT2D eigenvalue weighted by atomic mass is 9.92. The molecule has 0 saturated heterocycles. The lowest BCUT2D eigenvalue weighted by molar-refractivity contribution is 0.924. The van der Waals surface area contributed by atoms with Gasteiger partial charge in [-0.25, -0.2) is 0 Å². The van der Waals surface area contributed by atoms with Crippen molar-refractivity contribution in [3.05, 3.63) is 65.3 Å². The van der Waals surface area contributed by atoms with Crippen LogP contribution in [-0.4, -0.2) is 6.21 Å². The Morgan fingerprint density at radius 3 is 2.74 bits per heavy atom. The van der Waals surface area contributed by atoms with Gasteiger partial charge in [0.15, 0.2) is 0 Å². The van der Waals surface area contributed by atoms with Crippen LogP contribution in [0.2, 0.25) is 0 Å². The highest BCUT2D eigenvalue weighted by atomic mass is 14.3. The van der Waals surface area contributed by atoms with E-state index in [0.717, 1.165) is 31.3 Å². The lowest BCUT2D eigenvalue weighted by Crippen LogP contribution is -1.93. The SMILES string of the molecule is CC/C(C=N)=C/CC1=CC(c2ccccc2)=CCC1. The molecule has 1 N–H and O–H groups in total. The van der Waals surface area contributed by atoms with Crippen LogP contribution in [-0.2, 0) is 0 Å². The van der Waals surface area contributed by atoms with E-state index in [2.05, 4.69) is 55.5 Å². The summed E-state index contributed by atoms with van der Waals surface area (Å²) in [6.07, 6.45) is 12.5. The Morgan fingerprint density at radius 1 is 1.26 bits per heavy atom. The van der Waals surface area contributed by atoms with Gasteiger partial charge in [-0.05, 0) is 42.4 Å². The van der Waals surface area contributed by atoms with E-state index in [0.29, 0.717) is 0 Å². The molecule has 0 aromatic heterocycles. The van der Waals surface area contributed by atoms with Gasteiger partial charge in [-0.15, -0.1) is 0 Å². The van der Waals surface area contributed by atoms with Gasteiger partial charge < -0.3 is 5.41 Å². The zero-order chi connectivity index (χ0) is 13.5. The van der Waals surface area contributed by atoms with Crippen molar-refractivity contribution in [3.8, 4) is 0 Å². The first-order valence-electron chi connectivity index (χ1n) is 6.98. The van der Waals surface area contributed by atoms with Crippen molar-refractivity contribution in [2.75, 3.05) is 0 Å². The molecule has 1 aliphatic rings. The average molecular weight is 251 g/mol. The van der Waals surface area contributed by atoms with Gasteiger partial charge in [-0.2, -0.15) is 0 Å². The lowest BCUT2D eigenvalue weighted by Gasteiger charge is -2.13. The van der Waals surface area contributed by atoms with Crippen LogP contribution < -0.4 is 0 Å². The number of nitrogens with one attached hydrogen (secondary N) is 1. The standard InChI is InChI=1S/C18H21N/c1-2-15(14-19)11-12-16-7-6-10-18(13-16)17-8-4-3-5-9-17/h3-5,8-11,13-14,19H,2,6-7,12H2,1H3/b15-11-,19-14?. The zero-order valence-corrected chi connectivity index (χ0v) is 11.5. The molecule has 0 radical (unpaired) electrons. The van der Waals surface area contributed by atoms with Gasteiger partial charge in [0.1, 0.15) is 0 Å². The van der Waals surface area contributed by atoms with E-state index in [4.69, 9.17) is 5.41 Å². The molecule has 0 atom stereocenters. The van der Waals surface area contributed by atoms with E-state index in [-0.39, 0.29) is 0 Å². The largest absolute Gasteiger partial charge is 0.308 e. The molecule has 1 aliphatic carbocycles. The topological polar surface area (TPSA) is 23.9 Å². The van der Waals surface area contributed by atoms with Crippen molar-refractivity contribution in [3.63, 3.8) is 0 Å². The summed E-state index contributed by atoms with van der Waals surface area (Å²) in [6.45, 7) is 2.10. The smallest absolute Gasteiger partial charge is 0.0206 e. The van der Waals surface area contributed by atoms with Gasteiger partial charge >= 0.3 is 0 Å². The van der Waals surface area contributed by atoms with Crippen LogP contribution in [0.15, 0.2) is 59.7 Å². The van der Waals surface area contributed by atoms with Crippen molar-refractivity contribution >= 4 is 11.8 Å².